The second kappa shape index (κ2) is 13.2. The second-order valence-corrected chi connectivity index (χ2v) is 11.2. The second-order valence-electron chi connectivity index (χ2n) is 8.14. The Bertz CT molecular complexity index is 1230. The Morgan fingerprint density at radius 1 is 1.03 bits per heavy atom. The van der Waals surface area contributed by atoms with E-state index in [0.717, 1.165) is 30.2 Å². The lowest BCUT2D eigenvalue weighted by Crippen LogP contribution is -2.29. The summed E-state index contributed by atoms with van der Waals surface area (Å²) >= 11 is 6.89. The largest absolute Gasteiger partial charge is 0.493 e. The molecule has 0 bridgehead atoms. The Morgan fingerprint density at radius 2 is 1.75 bits per heavy atom. The number of hydrogen-bond donors (Lipinski definition) is 0. The Labute approximate surface area is 222 Å². The molecule has 1 heterocycles. The first-order valence-corrected chi connectivity index (χ1v) is 14.5. The number of rotatable bonds is 12. The first kappa shape index (κ1) is 28.1. The van der Waals surface area contributed by atoms with E-state index in [1.54, 1.807) is 26.2 Å². The fourth-order valence-electron chi connectivity index (χ4n) is 3.55. The Hall–Kier alpha value is -2.49. The number of carbonyl (C=O) groups excluding carboxylic acids is 1. The molecule has 10 heteroatoms. The van der Waals surface area contributed by atoms with Gasteiger partial charge in [-0.25, -0.2) is 0 Å². The number of sulfonamides is 1. The van der Waals surface area contributed by atoms with Crippen LogP contribution in [0.3, 0.4) is 0 Å². The summed E-state index contributed by atoms with van der Waals surface area (Å²) in [5.74, 6) is 0.911. The van der Waals surface area contributed by atoms with Crippen LogP contribution in [0.1, 0.15) is 51.5 Å². The number of amidine groups is 1. The molecule has 1 aliphatic rings. The van der Waals surface area contributed by atoms with Crippen LogP contribution in [-0.4, -0.2) is 44.7 Å². The molecule has 1 fully saturated rings. The minimum atomic E-state index is -4.01. The third kappa shape index (κ3) is 7.27. The van der Waals surface area contributed by atoms with Crippen LogP contribution < -0.4 is 9.47 Å². The molecule has 0 aliphatic carbocycles. The number of unbranched alkanes of at least 4 members (excludes halogenated alkanes) is 4. The van der Waals surface area contributed by atoms with Crippen molar-refractivity contribution in [2.75, 3.05) is 20.3 Å². The maximum absolute atomic E-state index is 13.0. The monoisotopic (exact) mass is 550 g/mol. The summed E-state index contributed by atoms with van der Waals surface area (Å²) in [4.78, 5) is 14.7. The van der Waals surface area contributed by atoms with E-state index in [0.29, 0.717) is 28.0 Å². The zero-order chi connectivity index (χ0) is 26.1. The van der Waals surface area contributed by atoms with Crippen molar-refractivity contribution in [2.24, 2.45) is 4.40 Å². The number of likely N-dealkylation sites (N-methyl/N-ethyl adjacent to an activating group) is 1. The zero-order valence-electron chi connectivity index (χ0n) is 20.7. The number of carbonyl (C=O) groups is 1. The van der Waals surface area contributed by atoms with E-state index in [9.17, 15) is 13.2 Å². The molecule has 194 valence electrons. The molecule has 0 spiro atoms. The van der Waals surface area contributed by atoms with Gasteiger partial charge in [0.15, 0.2) is 16.7 Å². The van der Waals surface area contributed by atoms with Gasteiger partial charge in [-0.3, -0.25) is 9.69 Å². The number of halogens is 1. The molecule has 0 aromatic heterocycles. The first-order chi connectivity index (χ1) is 17.3. The highest BCUT2D eigenvalue weighted by molar-refractivity contribution is 8.19. The number of thioether (sulfide) groups is 1. The number of ether oxygens (including phenoxy) is 2. The van der Waals surface area contributed by atoms with Gasteiger partial charge in [0.25, 0.3) is 15.9 Å². The highest BCUT2D eigenvalue weighted by atomic mass is 35.5. The van der Waals surface area contributed by atoms with Crippen LogP contribution in [0.5, 0.6) is 11.5 Å². The molecule has 1 aliphatic heterocycles. The summed E-state index contributed by atoms with van der Waals surface area (Å²) in [7, 11) is -2.42. The van der Waals surface area contributed by atoms with Gasteiger partial charge in [-0.15, -0.1) is 4.40 Å². The van der Waals surface area contributed by atoms with Crippen molar-refractivity contribution < 1.29 is 22.7 Å². The normalized spacial score (nSPS) is 16.2. The molecule has 1 saturated heterocycles. The maximum atomic E-state index is 13.0. The highest BCUT2D eigenvalue weighted by Gasteiger charge is 2.34. The fraction of sp³-hybridized carbons (Fsp3) is 0.385. The van der Waals surface area contributed by atoms with Crippen molar-refractivity contribution in [1.29, 1.82) is 0 Å². The lowest BCUT2D eigenvalue weighted by molar-refractivity contribution is -0.122. The number of amides is 1. The molecule has 3 rings (SSSR count). The van der Waals surface area contributed by atoms with E-state index >= 15 is 0 Å². The minimum absolute atomic E-state index is 0.00701. The number of benzene rings is 2. The van der Waals surface area contributed by atoms with Crippen molar-refractivity contribution in [3.63, 3.8) is 0 Å². The van der Waals surface area contributed by atoms with Gasteiger partial charge in [-0.1, -0.05) is 50.3 Å². The standard InChI is InChI=1S/C26H31ClN2O5S2/c1-4-6-7-8-9-16-34-23-17-19(10-15-22(23)33-3)18-24-25(30)29(5-2)26(35-24)28-36(31,32)21-13-11-20(27)12-14-21/h10-15,17-18H,4-9,16H2,1-3H3/b24-18-,28-26?. The summed E-state index contributed by atoms with van der Waals surface area (Å²) in [6.45, 7) is 4.82. The fourth-order valence-corrected chi connectivity index (χ4v) is 5.92. The molecular weight excluding hydrogens is 520 g/mol. The van der Waals surface area contributed by atoms with Crippen molar-refractivity contribution in [3.8, 4) is 11.5 Å². The lowest BCUT2D eigenvalue weighted by Gasteiger charge is -2.12. The number of nitrogens with zero attached hydrogens (tertiary/aromatic N) is 2. The molecule has 2 aromatic rings. The third-order valence-electron chi connectivity index (χ3n) is 5.50. The van der Waals surface area contributed by atoms with Crippen LogP contribution in [0.2, 0.25) is 5.02 Å². The summed E-state index contributed by atoms with van der Waals surface area (Å²) in [5, 5.41) is 0.535. The van der Waals surface area contributed by atoms with Gasteiger partial charge in [0, 0.05) is 11.6 Å². The van der Waals surface area contributed by atoms with Crippen LogP contribution in [0, 0.1) is 0 Å². The smallest absolute Gasteiger partial charge is 0.284 e. The Morgan fingerprint density at radius 3 is 2.42 bits per heavy atom. The minimum Gasteiger partial charge on any atom is -0.493 e. The SMILES string of the molecule is CCCCCCCOc1cc(/C=C2\SC(=NS(=O)(=O)c3ccc(Cl)cc3)N(CC)C2=O)ccc1OC. The summed E-state index contributed by atoms with van der Waals surface area (Å²) in [5.41, 5.74) is 0.741. The van der Waals surface area contributed by atoms with E-state index in [1.165, 1.54) is 48.4 Å². The average Bonchev–Trinajstić information content (AvgIpc) is 3.14. The van der Waals surface area contributed by atoms with Gasteiger partial charge in [0.1, 0.15) is 0 Å². The molecule has 0 saturated carbocycles. The summed E-state index contributed by atoms with van der Waals surface area (Å²) in [6, 6.07) is 11.2. The predicted molar refractivity (Wildman–Crippen MR) is 146 cm³/mol. The topological polar surface area (TPSA) is 85.3 Å². The van der Waals surface area contributed by atoms with E-state index in [2.05, 4.69) is 11.3 Å². The van der Waals surface area contributed by atoms with Gasteiger partial charge in [-0.2, -0.15) is 8.42 Å². The van der Waals surface area contributed by atoms with Crippen LogP contribution in [0.15, 0.2) is 56.7 Å². The summed E-state index contributed by atoms with van der Waals surface area (Å²) < 4.78 is 40.9. The summed E-state index contributed by atoms with van der Waals surface area (Å²) in [6.07, 6.45) is 7.37. The van der Waals surface area contributed by atoms with Crippen LogP contribution in [0.25, 0.3) is 6.08 Å². The number of hydrogen-bond acceptors (Lipinski definition) is 6. The molecule has 2 aromatic carbocycles. The van der Waals surface area contributed by atoms with Crippen molar-refractivity contribution in [3.05, 3.63) is 58.0 Å². The van der Waals surface area contributed by atoms with Crippen molar-refractivity contribution in [1.82, 2.24) is 4.90 Å². The molecule has 0 atom stereocenters. The van der Waals surface area contributed by atoms with Crippen LogP contribution in [0.4, 0.5) is 0 Å². The van der Waals surface area contributed by atoms with Crippen LogP contribution >= 0.6 is 23.4 Å². The zero-order valence-corrected chi connectivity index (χ0v) is 23.1. The van der Waals surface area contributed by atoms with Gasteiger partial charge < -0.3 is 9.47 Å². The van der Waals surface area contributed by atoms with Crippen LogP contribution in [-0.2, 0) is 14.8 Å². The average molecular weight is 551 g/mol. The third-order valence-corrected chi connectivity index (χ3v) is 8.16. The van der Waals surface area contributed by atoms with Gasteiger partial charge >= 0.3 is 0 Å². The quantitative estimate of drug-likeness (QED) is 0.225. The van der Waals surface area contributed by atoms with E-state index in [1.807, 2.05) is 12.1 Å². The Kier molecular flexibility index (Phi) is 10.3. The lowest BCUT2D eigenvalue weighted by atomic mass is 10.1. The first-order valence-electron chi connectivity index (χ1n) is 11.9. The molecule has 36 heavy (non-hydrogen) atoms. The molecule has 0 N–H and O–H groups in total. The van der Waals surface area contributed by atoms with Gasteiger partial charge in [0.05, 0.1) is 23.5 Å². The van der Waals surface area contributed by atoms with E-state index < -0.39 is 10.0 Å². The van der Waals surface area contributed by atoms with Gasteiger partial charge in [-0.05, 0) is 73.1 Å². The van der Waals surface area contributed by atoms with Crippen molar-refractivity contribution >= 4 is 50.5 Å². The molecule has 0 radical (unpaired) electrons. The maximum Gasteiger partial charge on any atom is 0.284 e. The Balaban J connectivity index is 1.81. The highest BCUT2D eigenvalue weighted by Crippen LogP contribution is 2.35. The van der Waals surface area contributed by atoms with E-state index in [-0.39, 0.29) is 22.5 Å². The number of methoxy groups -OCH3 is 1. The molecule has 1 amide bonds. The van der Waals surface area contributed by atoms with Crippen molar-refractivity contribution in [2.45, 2.75) is 50.8 Å². The van der Waals surface area contributed by atoms with E-state index in [4.69, 9.17) is 21.1 Å². The molecule has 7 nitrogen and oxygen atoms in total. The predicted octanol–water partition coefficient (Wildman–Crippen LogP) is 6.38. The molecule has 0 unspecified atom stereocenters. The van der Waals surface area contributed by atoms with Gasteiger partial charge in [0.2, 0.25) is 0 Å². The molecular formula is C26H31ClN2O5S2.